The molecule has 3 rings (SSSR count). The Kier molecular flexibility index (Phi) is 7.40. The zero-order valence-electron chi connectivity index (χ0n) is 17.1. The third kappa shape index (κ3) is 6.18. The van der Waals surface area contributed by atoms with E-state index < -0.39 is 0 Å². The van der Waals surface area contributed by atoms with E-state index in [-0.39, 0.29) is 12.0 Å². The van der Waals surface area contributed by atoms with Gasteiger partial charge in [0, 0.05) is 19.4 Å². The van der Waals surface area contributed by atoms with Crippen LogP contribution >= 0.6 is 0 Å². The molecule has 0 radical (unpaired) electrons. The number of carbonyl (C=O) groups excluding carboxylic acids is 1. The van der Waals surface area contributed by atoms with Crippen molar-refractivity contribution >= 4 is 5.91 Å². The summed E-state index contributed by atoms with van der Waals surface area (Å²) in [5, 5.41) is 2.69. The van der Waals surface area contributed by atoms with E-state index in [0.29, 0.717) is 6.42 Å². The summed E-state index contributed by atoms with van der Waals surface area (Å²) in [6.45, 7) is 2.11. The monoisotopic (exact) mass is 388 g/mol. The zero-order chi connectivity index (χ0) is 20.5. The molecule has 0 saturated carbocycles. The molecule has 0 aliphatic rings. The fraction of sp³-hybridized carbons (Fsp3) is 0.280. The van der Waals surface area contributed by atoms with Crippen LogP contribution in [0.1, 0.15) is 30.9 Å². The van der Waals surface area contributed by atoms with Gasteiger partial charge in [0.05, 0.1) is 12.5 Å². The number of nitrogens with one attached hydrogen (secondary N) is 1. The van der Waals surface area contributed by atoms with Crippen molar-refractivity contribution in [3.8, 4) is 16.9 Å². The van der Waals surface area contributed by atoms with E-state index in [4.69, 9.17) is 4.74 Å². The van der Waals surface area contributed by atoms with Crippen molar-refractivity contribution in [2.24, 2.45) is 0 Å². The first-order chi connectivity index (χ1) is 14.2. The van der Waals surface area contributed by atoms with Crippen LogP contribution in [0.2, 0.25) is 0 Å². The maximum absolute atomic E-state index is 11.8. The smallest absolute Gasteiger partial charge is 0.224 e. The van der Waals surface area contributed by atoms with E-state index in [2.05, 4.69) is 41.5 Å². The topological polar surface area (TPSA) is 51.2 Å². The molecule has 3 aromatic rings. The number of pyridine rings is 1. The second-order valence-corrected chi connectivity index (χ2v) is 7.21. The number of ether oxygens (including phenoxy) is 1. The zero-order valence-corrected chi connectivity index (χ0v) is 17.1. The highest BCUT2D eigenvalue weighted by Crippen LogP contribution is 2.27. The number of aryl methyl sites for hydroxylation is 1. The van der Waals surface area contributed by atoms with Gasteiger partial charge in [0.2, 0.25) is 5.91 Å². The fourth-order valence-electron chi connectivity index (χ4n) is 3.36. The third-order valence-electron chi connectivity index (χ3n) is 4.95. The molecule has 0 saturated heterocycles. The lowest BCUT2D eigenvalue weighted by Gasteiger charge is -2.15. The van der Waals surface area contributed by atoms with E-state index in [1.54, 1.807) is 13.2 Å². The van der Waals surface area contributed by atoms with Gasteiger partial charge in [-0.25, -0.2) is 0 Å². The van der Waals surface area contributed by atoms with Crippen molar-refractivity contribution < 1.29 is 9.53 Å². The summed E-state index contributed by atoms with van der Waals surface area (Å²) in [6, 6.07) is 20.2. The number of rotatable bonds is 9. The minimum atomic E-state index is 0.0116. The molecule has 29 heavy (non-hydrogen) atoms. The Hall–Kier alpha value is -3.14. The van der Waals surface area contributed by atoms with Gasteiger partial charge in [-0.2, -0.15) is 0 Å². The summed E-state index contributed by atoms with van der Waals surface area (Å²) < 4.78 is 6.08. The van der Waals surface area contributed by atoms with Crippen LogP contribution in [0.3, 0.4) is 0 Å². The second-order valence-electron chi connectivity index (χ2n) is 7.21. The Bertz CT molecular complexity index is 908. The predicted molar refractivity (Wildman–Crippen MR) is 117 cm³/mol. The molecule has 1 atom stereocenters. The van der Waals surface area contributed by atoms with Gasteiger partial charge >= 0.3 is 0 Å². The quantitative estimate of drug-likeness (QED) is 0.571. The van der Waals surface area contributed by atoms with Crippen LogP contribution in [0.25, 0.3) is 11.1 Å². The van der Waals surface area contributed by atoms with E-state index in [0.717, 1.165) is 41.7 Å². The van der Waals surface area contributed by atoms with Crippen LogP contribution in [0.15, 0.2) is 73.1 Å². The number of benzene rings is 2. The summed E-state index contributed by atoms with van der Waals surface area (Å²) in [4.78, 5) is 15.9. The van der Waals surface area contributed by atoms with E-state index >= 15 is 0 Å². The third-order valence-corrected chi connectivity index (χ3v) is 4.95. The summed E-state index contributed by atoms with van der Waals surface area (Å²) in [5.74, 6) is 0.879. The minimum absolute atomic E-state index is 0.0116. The first kappa shape index (κ1) is 20.6. The lowest BCUT2D eigenvalue weighted by molar-refractivity contribution is -0.119. The highest BCUT2D eigenvalue weighted by atomic mass is 16.5. The highest BCUT2D eigenvalue weighted by molar-refractivity contribution is 5.81. The van der Waals surface area contributed by atoms with Gasteiger partial charge in [0.1, 0.15) is 5.75 Å². The Morgan fingerprint density at radius 1 is 1.07 bits per heavy atom. The number of hydrogen-bond acceptors (Lipinski definition) is 3. The first-order valence-electron chi connectivity index (χ1n) is 10.1. The Morgan fingerprint density at radius 3 is 2.59 bits per heavy atom. The summed E-state index contributed by atoms with van der Waals surface area (Å²) in [6.07, 6.45) is 7.32. The van der Waals surface area contributed by atoms with Crippen LogP contribution in [0.4, 0.5) is 0 Å². The van der Waals surface area contributed by atoms with Gasteiger partial charge in [-0.15, -0.1) is 0 Å². The van der Waals surface area contributed by atoms with Gasteiger partial charge < -0.3 is 10.1 Å². The number of carbonyl (C=O) groups is 1. The number of likely N-dealkylation sites (N-methyl/N-ethyl adjacent to an activating group) is 1. The summed E-state index contributed by atoms with van der Waals surface area (Å²) in [7, 11) is 1.66. The van der Waals surface area contributed by atoms with E-state index in [1.165, 1.54) is 5.56 Å². The molecule has 1 heterocycles. The van der Waals surface area contributed by atoms with Crippen LogP contribution in [-0.2, 0) is 17.6 Å². The van der Waals surface area contributed by atoms with Gasteiger partial charge in [-0.3, -0.25) is 9.78 Å². The SMILES string of the molecule is CNC(=O)Cc1ccccc1-c1ccc(O[C@@H](C)CCCc2cccnc2)cc1. The number of nitrogens with zero attached hydrogens (tertiary/aromatic N) is 1. The number of hydrogen-bond donors (Lipinski definition) is 1. The number of aromatic nitrogens is 1. The fourth-order valence-corrected chi connectivity index (χ4v) is 3.36. The molecule has 4 heteroatoms. The molecule has 0 aliphatic carbocycles. The molecule has 1 aromatic heterocycles. The standard InChI is InChI=1S/C25H28N2O2/c1-19(7-5-8-20-9-6-16-27-18-20)29-23-14-12-21(13-15-23)24-11-4-3-10-22(24)17-25(28)26-2/h3-4,6,9-16,18-19H,5,7-8,17H2,1-2H3,(H,26,28)/t19-/m0/s1. The molecular weight excluding hydrogens is 360 g/mol. The molecule has 1 amide bonds. The van der Waals surface area contributed by atoms with Crippen molar-refractivity contribution in [2.75, 3.05) is 7.05 Å². The largest absolute Gasteiger partial charge is 0.491 e. The van der Waals surface area contributed by atoms with Gasteiger partial charge in [-0.05, 0) is 66.6 Å². The maximum Gasteiger partial charge on any atom is 0.224 e. The maximum atomic E-state index is 11.8. The van der Waals surface area contributed by atoms with Gasteiger partial charge in [-0.1, -0.05) is 42.5 Å². The molecule has 0 fully saturated rings. The van der Waals surface area contributed by atoms with Crippen molar-refractivity contribution in [1.82, 2.24) is 10.3 Å². The molecule has 0 aliphatic heterocycles. The lowest BCUT2D eigenvalue weighted by Crippen LogP contribution is -2.20. The van der Waals surface area contributed by atoms with Crippen molar-refractivity contribution in [3.63, 3.8) is 0 Å². The first-order valence-corrected chi connectivity index (χ1v) is 10.1. The Balaban J connectivity index is 1.57. The lowest BCUT2D eigenvalue weighted by atomic mass is 9.97. The predicted octanol–water partition coefficient (Wildman–Crippen LogP) is 4.83. The van der Waals surface area contributed by atoms with Crippen molar-refractivity contribution in [3.05, 3.63) is 84.2 Å². The second kappa shape index (κ2) is 10.4. The van der Waals surface area contributed by atoms with E-state index in [9.17, 15) is 4.79 Å². The summed E-state index contributed by atoms with van der Waals surface area (Å²) in [5.41, 5.74) is 4.44. The van der Waals surface area contributed by atoms with Crippen molar-refractivity contribution in [2.45, 2.75) is 38.7 Å². The van der Waals surface area contributed by atoms with Crippen LogP contribution in [-0.4, -0.2) is 24.0 Å². The molecule has 0 unspecified atom stereocenters. The normalized spacial score (nSPS) is 11.7. The molecule has 0 spiro atoms. The molecular formula is C25H28N2O2. The van der Waals surface area contributed by atoms with Crippen LogP contribution in [0.5, 0.6) is 5.75 Å². The average Bonchev–Trinajstić information content (AvgIpc) is 2.75. The highest BCUT2D eigenvalue weighted by Gasteiger charge is 2.09. The van der Waals surface area contributed by atoms with Crippen molar-refractivity contribution in [1.29, 1.82) is 0 Å². The molecule has 1 N–H and O–H groups in total. The number of amides is 1. The average molecular weight is 389 g/mol. The molecule has 4 nitrogen and oxygen atoms in total. The van der Waals surface area contributed by atoms with Gasteiger partial charge in [0.25, 0.3) is 0 Å². The molecule has 150 valence electrons. The van der Waals surface area contributed by atoms with Crippen LogP contribution < -0.4 is 10.1 Å². The molecule has 0 bridgehead atoms. The van der Waals surface area contributed by atoms with Gasteiger partial charge in [0.15, 0.2) is 0 Å². The van der Waals surface area contributed by atoms with E-state index in [1.807, 2.05) is 42.6 Å². The Morgan fingerprint density at radius 2 is 1.86 bits per heavy atom. The Labute approximate surface area is 173 Å². The molecule has 2 aromatic carbocycles. The summed E-state index contributed by atoms with van der Waals surface area (Å²) >= 11 is 0. The van der Waals surface area contributed by atoms with Crippen LogP contribution in [0, 0.1) is 0 Å². The minimum Gasteiger partial charge on any atom is -0.491 e.